The average molecular weight is 512 g/mol. The number of aryl methyl sites for hydroxylation is 2. The van der Waals surface area contributed by atoms with Gasteiger partial charge in [0.1, 0.15) is 5.75 Å². The molecule has 0 spiro atoms. The number of anilines is 2. The molecule has 184 valence electrons. The van der Waals surface area contributed by atoms with Crippen LogP contribution in [0.3, 0.4) is 0 Å². The van der Waals surface area contributed by atoms with Gasteiger partial charge in [-0.2, -0.15) is 0 Å². The Labute approximate surface area is 212 Å². The Morgan fingerprint density at radius 3 is 2.40 bits per heavy atom. The molecule has 3 N–H and O–H groups in total. The van der Waals surface area contributed by atoms with Crippen LogP contribution in [0.15, 0.2) is 71.6 Å². The predicted molar refractivity (Wildman–Crippen MR) is 144 cm³/mol. The van der Waals surface area contributed by atoms with Crippen LogP contribution in [0.2, 0.25) is 0 Å². The number of benzene rings is 3. The molecule has 0 aliphatic carbocycles. The van der Waals surface area contributed by atoms with Crippen molar-refractivity contribution in [3.05, 3.63) is 83.4 Å². The van der Waals surface area contributed by atoms with Crippen molar-refractivity contribution in [2.24, 2.45) is 0 Å². The van der Waals surface area contributed by atoms with Crippen molar-refractivity contribution in [2.45, 2.75) is 45.1 Å². The van der Waals surface area contributed by atoms with E-state index in [1.54, 1.807) is 42.5 Å². The minimum Gasteiger partial charge on any atom is -0.491 e. The summed E-state index contributed by atoms with van der Waals surface area (Å²) in [4.78, 5) is 12.7. The lowest BCUT2D eigenvalue weighted by Crippen LogP contribution is -2.34. The number of carbonyl (C=O) groups excluding carboxylic acids is 1. The average Bonchev–Trinajstić information content (AvgIpc) is 2.81. The van der Waals surface area contributed by atoms with Gasteiger partial charge in [-0.15, -0.1) is 0 Å². The predicted octanol–water partition coefficient (Wildman–Crippen LogP) is 5.41. The molecule has 0 saturated heterocycles. The zero-order valence-electron chi connectivity index (χ0n) is 20.1. The molecule has 3 rings (SSSR count). The molecule has 0 aliphatic rings. The number of rotatable bonds is 8. The van der Waals surface area contributed by atoms with Gasteiger partial charge in [0.15, 0.2) is 5.11 Å². The van der Waals surface area contributed by atoms with E-state index in [4.69, 9.17) is 17.0 Å². The first-order valence-corrected chi connectivity index (χ1v) is 13.1. The molecule has 0 aliphatic heterocycles. The van der Waals surface area contributed by atoms with Crippen LogP contribution in [0.1, 0.15) is 41.8 Å². The first-order chi connectivity index (χ1) is 16.6. The van der Waals surface area contributed by atoms with E-state index in [0.29, 0.717) is 22.7 Å². The van der Waals surface area contributed by atoms with Gasteiger partial charge in [-0.1, -0.05) is 30.7 Å². The molecule has 9 heteroatoms. The van der Waals surface area contributed by atoms with Crippen molar-refractivity contribution in [3.63, 3.8) is 0 Å². The van der Waals surface area contributed by atoms with E-state index in [9.17, 15) is 13.2 Å². The smallest absolute Gasteiger partial charge is 0.261 e. The fraction of sp³-hybridized carbons (Fsp3) is 0.231. The molecule has 1 unspecified atom stereocenters. The van der Waals surface area contributed by atoms with Crippen LogP contribution < -0.4 is 20.1 Å². The van der Waals surface area contributed by atoms with Gasteiger partial charge in [0.05, 0.1) is 16.7 Å². The molecule has 1 amide bonds. The van der Waals surface area contributed by atoms with Crippen molar-refractivity contribution in [1.29, 1.82) is 0 Å². The van der Waals surface area contributed by atoms with Crippen molar-refractivity contribution in [3.8, 4) is 5.75 Å². The topological polar surface area (TPSA) is 96.5 Å². The lowest BCUT2D eigenvalue weighted by atomic mass is 10.1. The summed E-state index contributed by atoms with van der Waals surface area (Å²) in [6, 6.07) is 18.5. The first-order valence-electron chi connectivity index (χ1n) is 11.2. The summed E-state index contributed by atoms with van der Waals surface area (Å²) >= 11 is 5.25. The number of hydrogen-bond acceptors (Lipinski definition) is 5. The van der Waals surface area contributed by atoms with Gasteiger partial charge in [-0.3, -0.25) is 14.8 Å². The van der Waals surface area contributed by atoms with E-state index >= 15 is 0 Å². The van der Waals surface area contributed by atoms with E-state index in [-0.39, 0.29) is 22.0 Å². The molecule has 0 saturated carbocycles. The maximum Gasteiger partial charge on any atom is 0.261 e. The third-order valence-corrected chi connectivity index (χ3v) is 6.87. The molecule has 0 bridgehead atoms. The molecular weight excluding hydrogens is 482 g/mol. The number of carbonyl (C=O) groups is 1. The second-order valence-corrected chi connectivity index (χ2v) is 10.3. The van der Waals surface area contributed by atoms with Crippen LogP contribution in [0.25, 0.3) is 0 Å². The minimum absolute atomic E-state index is 0.0407. The van der Waals surface area contributed by atoms with Gasteiger partial charge < -0.3 is 10.1 Å². The minimum atomic E-state index is -3.76. The molecule has 0 fully saturated rings. The van der Waals surface area contributed by atoms with Gasteiger partial charge in [0, 0.05) is 11.3 Å². The van der Waals surface area contributed by atoms with Crippen molar-refractivity contribution >= 4 is 44.6 Å². The van der Waals surface area contributed by atoms with E-state index in [2.05, 4.69) is 15.4 Å². The van der Waals surface area contributed by atoms with Crippen molar-refractivity contribution in [1.82, 2.24) is 5.32 Å². The Bertz CT molecular complexity index is 1320. The molecule has 7 nitrogen and oxygen atoms in total. The maximum atomic E-state index is 12.8. The summed E-state index contributed by atoms with van der Waals surface area (Å²) in [5.74, 6) is 0.228. The fourth-order valence-electron chi connectivity index (χ4n) is 3.21. The van der Waals surface area contributed by atoms with Crippen LogP contribution in [0, 0.1) is 13.8 Å². The zero-order chi connectivity index (χ0) is 25.6. The van der Waals surface area contributed by atoms with E-state index in [1.807, 2.05) is 39.8 Å². The number of hydrogen-bond donors (Lipinski definition) is 3. The molecule has 0 heterocycles. The molecular formula is C26H29N3O4S2. The van der Waals surface area contributed by atoms with Crippen LogP contribution in [-0.4, -0.2) is 25.5 Å². The SMILES string of the molecule is CCC(C)Oc1cccc(C(=O)NC(=S)Nc2ccc(S(=O)(=O)Nc3ccc(C)cc3C)cc2)c1. The zero-order valence-corrected chi connectivity index (χ0v) is 21.7. The Morgan fingerprint density at radius 1 is 1.03 bits per heavy atom. The van der Waals surface area contributed by atoms with Gasteiger partial charge in [0.2, 0.25) is 0 Å². The Balaban J connectivity index is 1.61. The molecule has 0 aromatic heterocycles. The lowest BCUT2D eigenvalue weighted by Gasteiger charge is -2.14. The Kier molecular flexibility index (Phi) is 8.48. The monoisotopic (exact) mass is 511 g/mol. The maximum absolute atomic E-state index is 12.8. The number of nitrogens with one attached hydrogen (secondary N) is 3. The van der Waals surface area contributed by atoms with E-state index in [0.717, 1.165) is 17.5 Å². The van der Waals surface area contributed by atoms with Crippen molar-refractivity contribution in [2.75, 3.05) is 10.0 Å². The number of thiocarbonyl (C=S) groups is 1. The van der Waals surface area contributed by atoms with Crippen LogP contribution in [0.4, 0.5) is 11.4 Å². The molecule has 0 radical (unpaired) electrons. The normalized spacial score (nSPS) is 11.9. The highest BCUT2D eigenvalue weighted by Crippen LogP contribution is 2.22. The van der Waals surface area contributed by atoms with E-state index in [1.165, 1.54) is 12.1 Å². The van der Waals surface area contributed by atoms with Crippen LogP contribution >= 0.6 is 12.2 Å². The fourth-order valence-corrected chi connectivity index (χ4v) is 4.55. The molecule has 3 aromatic rings. The third-order valence-electron chi connectivity index (χ3n) is 5.28. The largest absolute Gasteiger partial charge is 0.491 e. The second-order valence-electron chi connectivity index (χ2n) is 8.22. The highest BCUT2D eigenvalue weighted by molar-refractivity contribution is 7.92. The summed E-state index contributed by atoms with van der Waals surface area (Å²) in [6.45, 7) is 7.78. The van der Waals surface area contributed by atoms with Gasteiger partial charge in [-0.25, -0.2) is 8.42 Å². The van der Waals surface area contributed by atoms with E-state index < -0.39 is 10.0 Å². The summed E-state index contributed by atoms with van der Waals surface area (Å²) in [7, 11) is -3.76. The van der Waals surface area contributed by atoms with Crippen LogP contribution in [0.5, 0.6) is 5.75 Å². The first kappa shape index (κ1) is 26.2. The third kappa shape index (κ3) is 7.27. The highest BCUT2D eigenvalue weighted by atomic mass is 32.2. The standard InChI is InChI=1S/C26H29N3O4S2/c1-5-19(4)33-22-8-6-7-20(16-22)25(30)28-26(34)27-21-10-12-23(13-11-21)35(31,32)29-24-14-9-17(2)15-18(24)3/h6-16,19,29H,5H2,1-4H3,(H2,27,28,30,34). The molecule has 3 aromatic carbocycles. The van der Waals surface area contributed by atoms with Gasteiger partial charge in [0.25, 0.3) is 15.9 Å². The quantitative estimate of drug-likeness (QED) is 0.350. The van der Waals surface area contributed by atoms with Crippen LogP contribution in [-0.2, 0) is 10.0 Å². The lowest BCUT2D eigenvalue weighted by molar-refractivity contribution is 0.0977. The highest BCUT2D eigenvalue weighted by Gasteiger charge is 2.16. The summed E-state index contributed by atoms with van der Waals surface area (Å²) in [5, 5.41) is 5.61. The van der Waals surface area contributed by atoms with Crippen molar-refractivity contribution < 1.29 is 17.9 Å². The summed E-state index contributed by atoms with van der Waals surface area (Å²) in [6.07, 6.45) is 0.894. The Hall–Kier alpha value is -3.43. The molecule has 1 atom stereocenters. The number of sulfonamides is 1. The molecule has 35 heavy (non-hydrogen) atoms. The second kappa shape index (κ2) is 11.3. The van der Waals surface area contributed by atoms with Gasteiger partial charge >= 0.3 is 0 Å². The number of ether oxygens (including phenoxy) is 1. The summed E-state index contributed by atoms with van der Waals surface area (Å²) < 4.78 is 33.9. The summed E-state index contributed by atoms with van der Waals surface area (Å²) in [5.41, 5.74) is 3.37. The number of amides is 1. The Morgan fingerprint density at radius 2 is 1.74 bits per heavy atom. The van der Waals surface area contributed by atoms with Gasteiger partial charge in [-0.05, 0) is 93.5 Å².